The van der Waals surface area contributed by atoms with Crippen LogP contribution in [0.4, 0.5) is 0 Å². The second-order valence-corrected chi connectivity index (χ2v) is 9.42. The Bertz CT molecular complexity index is 937. The number of ether oxygens (including phenoxy) is 2. The highest BCUT2D eigenvalue weighted by Crippen LogP contribution is 2.41. The van der Waals surface area contributed by atoms with E-state index in [4.69, 9.17) is 9.47 Å². The molecule has 0 aliphatic carbocycles. The van der Waals surface area contributed by atoms with Crippen LogP contribution in [0, 0.1) is 0 Å². The van der Waals surface area contributed by atoms with Crippen LogP contribution in [0.15, 0.2) is 29.6 Å². The summed E-state index contributed by atoms with van der Waals surface area (Å²) in [6.45, 7) is 6.26. The summed E-state index contributed by atoms with van der Waals surface area (Å²) in [6.07, 6.45) is 2.20. The van der Waals surface area contributed by atoms with Crippen molar-refractivity contribution in [3.63, 3.8) is 0 Å². The summed E-state index contributed by atoms with van der Waals surface area (Å²) >= 11 is 1.75. The molecule has 7 heteroatoms. The number of carbonyl (C=O) groups excluding carboxylic acids is 2. The van der Waals surface area contributed by atoms with Crippen LogP contribution in [-0.2, 0) is 29.0 Å². The van der Waals surface area contributed by atoms with Crippen molar-refractivity contribution in [2.45, 2.75) is 51.7 Å². The van der Waals surface area contributed by atoms with E-state index >= 15 is 0 Å². The molecule has 0 saturated carbocycles. The number of carbonyl (C=O) groups is 2. The molecule has 1 aromatic carbocycles. The van der Waals surface area contributed by atoms with Crippen molar-refractivity contribution in [3.05, 3.63) is 45.6 Å². The number of thiophene rings is 1. The van der Waals surface area contributed by atoms with Gasteiger partial charge in [-0.2, -0.15) is 0 Å². The van der Waals surface area contributed by atoms with Gasteiger partial charge < -0.3 is 19.7 Å². The number of benzene rings is 1. The molecule has 30 heavy (non-hydrogen) atoms. The number of nitrogens with one attached hydrogen (secondary N) is 1. The Labute approximate surface area is 181 Å². The van der Waals surface area contributed by atoms with Crippen molar-refractivity contribution in [1.29, 1.82) is 0 Å². The van der Waals surface area contributed by atoms with Gasteiger partial charge >= 0.3 is 0 Å². The molecular formula is C23H28N2O4S. The molecule has 2 aromatic rings. The van der Waals surface area contributed by atoms with Crippen molar-refractivity contribution in [2.24, 2.45) is 0 Å². The van der Waals surface area contributed by atoms with Gasteiger partial charge in [0.25, 0.3) is 0 Å². The Morgan fingerprint density at radius 1 is 1.23 bits per heavy atom. The molecule has 1 N–H and O–H groups in total. The van der Waals surface area contributed by atoms with Crippen LogP contribution in [0.2, 0.25) is 0 Å². The van der Waals surface area contributed by atoms with Gasteiger partial charge in [-0.1, -0.05) is 12.1 Å². The molecule has 0 bridgehead atoms. The Hall–Kier alpha value is -2.54. The van der Waals surface area contributed by atoms with Crippen molar-refractivity contribution in [3.8, 4) is 11.5 Å². The van der Waals surface area contributed by atoms with Crippen LogP contribution >= 0.6 is 11.3 Å². The van der Waals surface area contributed by atoms with Gasteiger partial charge in [-0.3, -0.25) is 9.59 Å². The zero-order valence-electron chi connectivity index (χ0n) is 17.5. The Kier molecular flexibility index (Phi) is 5.99. The molecular weight excluding hydrogens is 400 g/mol. The molecule has 2 aliphatic rings. The van der Waals surface area contributed by atoms with Gasteiger partial charge in [0, 0.05) is 42.8 Å². The molecule has 0 fully saturated rings. The van der Waals surface area contributed by atoms with Crippen molar-refractivity contribution in [2.75, 3.05) is 19.7 Å². The van der Waals surface area contributed by atoms with E-state index in [-0.39, 0.29) is 30.3 Å². The first-order valence-corrected chi connectivity index (χ1v) is 11.3. The lowest BCUT2D eigenvalue weighted by atomic mass is 10.0. The zero-order chi connectivity index (χ0) is 21.1. The number of fused-ring (bicyclic) bond motifs is 2. The van der Waals surface area contributed by atoms with Crippen molar-refractivity contribution in [1.82, 2.24) is 10.2 Å². The molecule has 1 aromatic heterocycles. The van der Waals surface area contributed by atoms with Crippen molar-refractivity contribution < 1.29 is 19.1 Å². The number of hydrogen-bond donors (Lipinski definition) is 1. The lowest BCUT2D eigenvalue weighted by Gasteiger charge is -2.27. The average molecular weight is 429 g/mol. The maximum absolute atomic E-state index is 12.4. The molecule has 6 nitrogen and oxygen atoms in total. The fourth-order valence-electron chi connectivity index (χ4n) is 3.98. The van der Waals surface area contributed by atoms with E-state index in [0.29, 0.717) is 25.4 Å². The van der Waals surface area contributed by atoms with Crippen LogP contribution in [0.3, 0.4) is 0 Å². The van der Waals surface area contributed by atoms with E-state index in [1.165, 1.54) is 10.4 Å². The quantitative estimate of drug-likeness (QED) is 0.687. The van der Waals surface area contributed by atoms with Gasteiger partial charge in [0.05, 0.1) is 6.54 Å². The molecule has 0 spiro atoms. The molecule has 0 saturated heterocycles. The highest BCUT2D eigenvalue weighted by molar-refractivity contribution is 7.10. The normalized spacial score (nSPS) is 16.4. The average Bonchev–Trinajstić information content (AvgIpc) is 3.31. The minimum absolute atomic E-state index is 0.0397. The number of rotatable bonds is 7. The van der Waals surface area contributed by atoms with E-state index in [1.807, 2.05) is 17.0 Å². The zero-order valence-corrected chi connectivity index (χ0v) is 18.3. The minimum atomic E-state index is -0.220. The third kappa shape index (κ3) is 4.78. The Morgan fingerprint density at radius 3 is 2.97 bits per heavy atom. The standard InChI is InChI=1S/C23H28N2O4S/c1-23(2)14-16-4-3-5-18(22(16)29-23)28-12-10-24-20(26)6-7-21(27)25-11-8-19-17(15-25)9-13-30-19/h3-5,9,13H,6-8,10-12,14-15H2,1-2H3,(H,24,26). The maximum atomic E-state index is 12.4. The largest absolute Gasteiger partial charge is 0.488 e. The molecule has 0 unspecified atom stereocenters. The lowest BCUT2D eigenvalue weighted by Crippen LogP contribution is -2.36. The predicted molar refractivity (Wildman–Crippen MR) is 116 cm³/mol. The molecule has 3 heterocycles. The Balaban J connectivity index is 1.16. The summed E-state index contributed by atoms with van der Waals surface area (Å²) in [5.41, 5.74) is 2.16. The summed E-state index contributed by atoms with van der Waals surface area (Å²) in [6, 6.07) is 7.98. The SMILES string of the molecule is CC1(C)Cc2cccc(OCCNC(=O)CCC(=O)N3CCc4sccc4C3)c2O1. The van der Waals surface area contributed by atoms with E-state index in [2.05, 4.69) is 36.7 Å². The van der Waals surface area contributed by atoms with Crippen LogP contribution < -0.4 is 14.8 Å². The van der Waals surface area contributed by atoms with Crippen LogP contribution in [0.25, 0.3) is 0 Å². The summed E-state index contributed by atoms with van der Waals surface area (Å²) < 4.78 is 11.8. The highest BCUT2D eigenvalue weighted by Gasteiger charge is 2.32. The third-order valence-corrected chi connectivity index (χ3v) is 6.49. The number of amides is 2. The topological polar surface area (TPSA) is 67.9 Å². The minimum Gasteiger partial charge on any atom is -0.488 e. The summed E-state index contributed by atoms with van der Waals surface area (Å²) in [5, 5.41) is 4.91. The van der Waals surface area contributed by atoms with Gasteiger partial charge in [0.1, 0.15) is 12.2 Å². The number of hydrogen-bond acceptors (Lipinski definition) is 5. The van der Waals surface area contributed by atoms with Gasteiger partial charge in [-0.15, -0.1) is 11.3 Å². The van der Waals surface area contributed by atoms with Crippen molar-refractivity contribution >= 4 is 23.2 Å². The van der Waals surface area contributed by atoms with E-state index in [1.54, 1.807) is 11.3 Å². The van der Waals surface area contributed by atoms with E-state index in [0.717, 1.165) is 30.7 Å². The van der Waals surface area contributed by atoms with Gasteiger partial charge in [-0.05, 0) is 43.3 Å². The highest BCUT2D eigenvalue weighted by atomic mass is 32.1. The van der Waals surface area contributed by atoms with Crippen LogP contribution in [0.1, 0.15) is 42.7 Å². The second-order valence-electron chi connectivity index (χ2n) is 8.42. The fourth-order valence-corrected chi connectivity index (χ4v) is 4.87. The first kappa shape index (κ1) is 20.7. The van der Waals surface area contributed by atoms with E-state index < -0.39 is 0 Å². The van der Waals surface area contributed by atoms with Gasteiger partial charge in [-0.25, -0.2) is 0 Å². The summed E-state index contributed by atoms with van der Waals surface area (Å²) in [7, 11) is 0. The fraction of sp³-hybridized carbons (Fsp3) is 0.478. The first-order valence-electron chi connectivity index (χ1n) is 10.4. The van der Waals surface area contributed by atoms with Gasteiger partial charge in [0.2, 0.25) is 11.8 Å². The summed E-state index contributed by atoms with van der Waals surface area (Å²) in [5.74, 6) is 1.42. The van der Waals surface area contributed by atoms with Crippen LogP contribution in [0.5, 0.6) is 11.5 Å². The monoisotopic (exact) mass is 428 g/mol. The second kappa shape index (κ2) is 8.68. The molecule has 0 radical (unpaired) electrons. The van der Waals surface area contributed by atoms with Gasteiger partial charge in [0.15, 0.2) is 11.5 Å². The maximum Gasteiger partial charge on any atom is 0.223 e. The van der Waals surface area contributed by atoms with Crippen LogP contribution in [-0.4, -0.2) is 42.0 Å². The predicted octanol–water partition coefficient (Wildman–Crippen LogP) is 3.32. The number of para-hydroxylation sites is 1. The smallest absolute Gasteiger partial charge is 0.223 e. The molecule has 160 valence electrons. The summed E-state index contributed by atoms with van der Waals surface area (Å²) in [4.78, 5) is 27.8. The molecule has 4 rings (SSSR count). The molecule has 2 aliphatic heterocycles. The first-order chi connectivity index (χ1) is 14.4. The van der Waals surface area contributed by atoms with E-state index in [9.17, 15) is 9.59 Å². The molecule has 0 atom stereocenters. The lowest BCUT2D eigenvalue weighted by molar-refractivity contribution is -0.134. The third-order valence-electron chi connectivity index (χ3n) is 5.46. The molecule has 2 amide bonds. The number of nitrogens with zero attached hydrogens (tertiary/aromatic N) is 1. The Morgan fingerprint density at radius 2 is 2.10 bits per heavy atom.